The average molecular weight is 270 g/mol. The van der Waals surface area contributed by atoms with Crippen LogP contribution in [0.4, 0.5) is 0 Å². The second-order valence-electron chi connectivity index (χ2n) is 4.61. The van der Waals surface area contributed by atoms with Crippen molar-refractivity contribution in [1.82, 2.24) is 5.32 Å². The number of nitrogens with one attached hydrogen (secondary N) is 1. The number of benzene rings is 1. The third-order valence-electron chi connectivity index (χ3n) is 3.23. The lowest BCUT2D eigenvalue weighted by atomic mass is 9.97. The first kappa shape index (κ1) is 15.5. The fourth-order valence-electron chi connectivity index (χ4n) is 2.19. The number of likely N-dealkylation sites (N-methyl/N-ethyl adjacent to an activating group) is 1. The highest BCUT2D eigenvalue weighted by Gasteiger charge is 2.21. The Labute approximate surface area is 116 Å². The molecule has 0 aliphatic heterocycles. The van der Waals surface area contributed by atoms with Crippen LogP contribution in [-0.4, -0.2) is 19.8 Å². The summed E-state index contributed by atoms with van der Waals surface area (Å²) in [6.07, 6.45) is 2.34. The zero-order valence-electron chi connectivity index (χ0n) is 11.8. The standard InChI is InChI=1S/C15H24ClNO/c1-5-7-14(18-4)15(17-6-2)12-9-8-11(3)13(16)10-12/h8-10,14-15,17H,5-7H2,1-4H3. The van der Waals surface area contributed by atoms with Crippen molar-refractivity contribution in [3.05, 3.63) is 34.3 Å². The lowest BCUT2D eigenvalue weighted by molar-refractivity contribution is 0.0611. The molecule has 0 heterocycles. The molecule has 102 valence electrons. The van der Waals surface area contributed by atoms with E-state index in [1.807, 2.05) is 13.0 Å². The molecule has 1 N–H and O–H groups in total. The maximum absolute atomic E-state index is 6.21. The van der Waals surface area contributed by atoms with Gasteiger partial charge in [0.15, 0.2) is 0 Å². The van der Waals surface area contributed by atoms with Gasteiger partial charge >= 0.3 is 0 Å². The van der Waals surface area contributed by atoms with Gasteiger partial charge in [0, 0.05) is 12.1 Å². The maximum atomic E-state index is 6.21. The summed E-state index contributed by atoms with van der Waals surface area (Å²) in [5.74, 6) is 0. The second kappa shape index (κ2) is 7.78. The first-order valence-electron chi connectivity index (χ1n) is 6.66. The summed E-state index contributed by atoms with van der Waals surface area (Å²) in [5.41, 5.74) is 2.31. The van der Waals surface area contributed by atoms with Crippen molar-refractivity contribution >= 4 is 11.6 Å². The minimum absolute atomic E-state index is 0.189. The Hall–Kier alpha value is -0.570. The van der Waals surface area contributed by atoms with Crippen LogP contribution in [0.3, 0.4) is 0 Å². The van der Waals surface area contributed by atoms with Crippen molar-refractivity contribution in [2.45, 2.75) is 45.8 Å². The smallest absolute Gasteiger partial charge is 0.0765 e. The number of halogens is 1. The maximum Gasteiger partial charge on any atom is 0.0765 e. The van der Waals surface area contributed by atoms with Gasteiger partial charge in [0.25, 0.3) is 0 Å². The number of methoxy groups -OCH3 is 1. The number of aryl methyl sites for hydroxylation is 1. The molecule has 0 fully saturated rings. The number of ether oxygens (including phenoxy) is 1. The molecular formula is C15H24ClNO. The fraction of sp³-hybridized carbons (Fsp3) is 0.600. The van der Waals surface area contributed by atoms with E-state index in [4.69, 9.17) is 16.3 Å². The van der Waals surface area contributed by atoms with Crippen LogP contribution in [0, 0.1) is 6.92 Å². The van der Waals surface area contributed by atoms with Crippen molar-refractivity contribution < 1.29 is 4.74 Å². The van der Waals surface area contributed by atoms with Crippen LogP contribution < -0.4 is 5.32 Å². The van der Waals surface area contributed by atoms with Gasteiger partial charge in [0.05, 0.1) is 12.1 Å². The van der Waals surface area contributed by atoms with Crippen molar-refractivity contribution in [3.63, 3.8) is 0 Å². The van der Waals surface area contributed by atoms with Gasteiger partial charge in [-0.1, -0.05) is 44.0 Å². The molecular weight excluding hydrogens is 246 g/mol. The Balaban J connectivity index is 2.98. The molecule has 3 heteroatoms. The fourth-order valence-corrected chi connectivity index (χ4v) is 2.38. The topological polar surface area (TPSA) is 21.3 Å². The highest BCUT2D eigenvalue weighted by molar-refractivity contribution is 6.31. The van der Waals surface area contributed by atoms with Crippen molar-refractivity contribution in [2.75, 3.05) is 13.7 Å². The van der Waals surface area contributed by atoms with Gasteiger partial charge < -0.3 is 10.1 Å². The molecule has 0 amide bonds. The molecule has 0 bridgehead atoms. The first-order chi connectivity index (χ1) is 8.63. The van der Waals surface area contributed by atoms with E-state index in [9.17, 15) is 0 Å². The van der Waals surface area contributed by atoms with Gasteiger partial charge in [0.1, 0.15) is 0 Å². The van der Waals surface area contributed by atoms with Gasteiger partial charge in [-0.05, 0) is 37.1 Å². The zero-order chi connectivity index (χ0) is 13.5. The number of hydrogen-bond acceptors (Lipinski definition) is 2. The van der Waals surface area contributed by atoms with E-state index in [-0.39, 0.29) is 12.1 Å². The van der Waals surface area contributed by atoms with E-state index >= 15 is 0 Å². The summed E-state index contributed by atoms with van der Waals surface area (Å²) < 4.78 is 5.62. The molecule has 0 aliphatic carbocycles. The van der Waals surface area contributed by atoms with E-state index in [0.29, 0.717) is 0 Å². The molecule has 0 aromatic heterocycles. The third kappa shape index (κ3) is 3.98. The van der Waals surface area contributed by atoms with Crippen LogP contribution in [0.15, 0.2) is 18.2 Å². The SMILES string of the molecule is CCCC(OC)C(NCC)c1ccc(C)c(Cl)c1. The Morgan fingerprint density at radius 2 is 2.06 bits per heavy atom. The summed E-state index contributed by atoms with van der Waals surface area (Å²) >= 11 is 6.21. The van der Waals surface area contributed by atoms with Gasteiger partial charge in [-0.25, -0.2) is 0 Å². The molecule has 2 atom stereocenters. The molecule has 2 nitrogen and oxygen atoms in total. The monoisotopic (exact) mass is 269 g/mol. The average Bonchev–Trinajstić information content (AvgIpc) is 2.37. The highest BCUT2D eigenvalue weighted by atomic mass is 35.5. The summed E-state index contributed by atoms with van der Waals surface area (Å²) in [6, 6.07) is 6.46. The molecule has 1 rings (SSSR count). The summed E-state index contributed by atoms with van der Waals surface area (Å²) in [4.78, 5) is 0. The van der Waals surface area contributed by atoms with Crippen LogP contribution in [0.25, 0.3) is 0 Å². The van der Waals surface area contributed by atoms with E-state index in [1.54, 1.807) is 7.11 Å². The highest BCUT2D eigenvalue weighted by Crippen LogP contribution is 2.26. The van der Waals surface area contributed by atoms with Gasteiger partial charge in [0.2, 0.25) is 0 Å². The van der Waals surface area contributed by atoms with Gasteiger partial charge in [-0.2, -0.15) is 0 Å². The summed E-state index contributed by atoms with van der Waals surface area (Å²) in [5, 5.41) is 4.32. The van der Waals surface area contributed by atoms with E-state index < -0.39 is 0 Å². The molecule has 1 aromatic carbocycles. The first-order valence-corrected chi connectivity index (χ1v) is 7.04. The van der Waals surface area contributed by atoms with Crippen LogP contribution in [0.5, 0.6) is 0 Å². The molecule has 18 heavy (non-hydrogen) atoms. The Bertz CT molecular complexity index is 368. The Morgan fingerprint density at radius 3 is 2.56 bits per heavy atom. The van der Waals surface area contributed by atoms with Crippen LogP contribution in [-0.2, 0) is 4.74 Å². The summed E-state index contributed by atoms with van der Waals surface area (Å²) in [7, 11) is 1.78. The predicted molar refractivity (Wildman–Crippen MR) is 78.3 cm³/mol. The van der Waals surface area contributed by atoms with Crippen molar-refractivity contribution in [3.8, 4) is 0 Å². The number of rotatable bonds is 7. The van der Waals surface area contributed by atoms with Crippen LogP contribution in [0.2, 0.25) is 5.02 Å². The van der Waals surface area contributed by atoms with Crippen LogP contribution in [0.1, 0.15) is 43.9 Å². The normalized spacial score (nSPS) is 14.5. The minimum atomic E-state index is 0.189. The van der Waals surface area contributed by atoms with E-state index in [0.717, 1.165) is 30.0 Å². The molecule has 0 saturated carbocycles. The number of hydrogen-bond donors (Lipinski definition) is 1. The quantitative estimate of drug-likeness (QED) is 0.804. The molecule has 0 aliphatic rings. The molecule has 0 radical (unpaired) electrons. The van der Waals surface area contributed by atoms with Crippen molar-refractivity contribution in [2.24, 2.45) is 0 Å². The van der Waals surface area contributed by atoms with Crippen LogP contribution >= 0.6 is 11.6 Å². The Morgan fingerprint density at radius 1 is 1.33 bits per heavy atom. The van der Waals surface area contributed by atoms with Crippen molar-refractivity contribution in [1.29, 1.82) is 0 Å². The second-order valence-corrected chi connectivity index (χ2v) is 5.01. The van der Waals surface area contributed by atoms with E-state index in [2.05, 4.69) is 31.3 Å². The minimum Gasteiger partial charge on any atom is -0.379 e. The van der Waals surface area contributed by atoms with E-state index in [1.165, 1.54) is 5.56 Å². The Kier molecular flexibility index (Phi) is 6.69. The predicted octanol–water partition coefficient (Wildman–Crippen LogP) is 4.11. The largest absolute Gasteiger partial charge is 0.379 e. The lowest BCUT2D eigenvalue weighted by Crippen LogP contribution is -2.33. The summed E-state index contributed by atoms with van der Waals surface area (Å²) in [6.45, 7) is 7.23. The molecule has 2 unspecified atom stereocenters. The van der Waals surface area contributed by atoms with Gasteiger partial charge in [-0.3, -0.25) is 0 Å². The molecule has 0 spiro atoms. The molecule has 1 aromatic rings. The zero-order valence-corrected chi connectivity index (χ0v) is 12.6. The van der Waals surface area contributed by atoms with Gasteiger partial charge in [-0.15, -0.1) is 0 Å². The third-order valence-corrected chi connectivity index (χ3v) is 3.63. The molecule has 0 saturated heterocycles. The lowest BCUT2D eigenvalue weighted by Gasteiger charge is -2.27.